The fraction of sp³-hybridized carbons (Fsp3) is 0.182. The standard InChI is InChI=1S/C11H10FN3O2S/c1-15-6-13-14-10(15)5-18-9-4-7(11(16)17)2-3-8(9)12/h2-4,6H,5H2,1H3,(H,16,17). The molecule has 0 saturated heterocycles. The van der Waals surface area contributed by atoms with Crippen LogP contribution >= 0.6 is 11.8 Å². The van der Waals surface area contributed by atoms with Crippen molar-refractivity contribution in [3.63, 3.8) is 0 Å². The van der Waals surface area contributed by atoms with E-state index in [9.17, 15) is 9.18 Å². The molecule has 0 aliphatic carbocycles. The predicted octanol–water partition coefficient (Wildman–Crippen LogP) is 1.94. The van der Waals surface area contributed by atoms with Crippen molar-refractivity contribution in [2.75, 3.05) is 0 Å². The number of aromatic carboxylic acids is 1. The zero-order valence-electron chi connectivity index (χ0n) is 9.50. The molecule has 2 aromatic rings. The first-order chi connectivity index (χ1) is 8.58. The first kappa shape index (κ1) is 12.6. The maximum absolute atomic E-state index is 13.5. The van der Waals surface area contributed by atoms with Crippen LogP contribution in [0.3, 0.4) is 0 Å². The van der Waals surface area contributed by atoms with Gasteiger partial charge >= 0.3 is 5.97 Å². The number of halogens is 1. The highest BCUT2D eigenvalue weighted by molar-refractivity contribution is 7.98. The number of rotatable bonds is 4. The molecule has 94 valence electrons. The lowest BCUT2D eigenvalue weighted by molar-refractivity contribution is 0.0696. The van der Waals surface area contributed by atoms with Crippen LogP contribution in [-0.2, 0) is 12.8 Å². The SMILES string of the molecule is Cn1cnnc1CSc1cc(C(=O)O)ccc1F. The fourth-order valence-electron chi connectivity index (χ4n) is 1.33. The Labute approximate surface area is 107 Å². The summed E-state index contributed by atoms with van der Waals surface area (Å²) in [7, 11) is 1.79. The number of carbonyl (C=O) groups is 1. The molecule has 1 aromatic carbocycles. The topological polar surface area (TPSA) is 68.0 Å². The minimum absolute atomic E-state index is 0.0665. The Hall–Kier alpha value is -1.89. The van der Waals surface area contributed by atoms with Gasteiger partial charge in [0.05, 0.1) is 11.3 Å². The van der Waals surface area contributed by atoms with Gasteiger partial charge in [-0.1, -0.05) is 0 Å². The molecule has 0 saturated carbocycles. The van der Waals surface area contributed by atoms with Crippen molar-refractivity contribution in [1.29, 1.82) is 0 Å². The highest BCUT2D eigenvalue weighted by Crippen LogP contribution is 2.25. The second-order valence-corrected chi connectivity index (χ2v) is 4.61. The molecule has 0 amide bonds. The lowest BCUT2D eigenvalue weighted by atomic mass is 10.2. The van der Waals surface area contributed by atoms with Gasteiger partial charge in [0.25, 0.3) is 0 Å². The first-order valence-electron chi connectivity index (χ1n) is 5.06. The molecule has 0 spiro atoms. The van der Waals surface area contributed by atoms with E-state index in [2.05, 4.69) is 10.2 Å². The maximum atomic E-state index is 13.5. The minimum atomic E-state index is -1.07. The molecule has 0 bridgehead atoms. The van der Waals surface area contributed by atoms with Gasteiger partial charge in [-0.15, -0.1) is 22.0 Å². The summed E-state index contributed by atoms with van der Waals surface area (Å²) in [6, 6.07) is 3.71. The summed E-state index contributed by atoms with van der Waals surface area (Å²) in [6.45, 7) is 0. The number of benzene rings is 1. The number of hydrogen-bond donors (Lipinski definition) is 1. The lowest BCUT2D eigenvalue weighted by Gasteiger charge is -2.04. The summed E-state index contributed by atoms with van der Waals surface area (Å²) >= 11 is 1.19. The van der Waals surface area contributed by atoms with Crippen molar-refractivity contribution in [2.24, 2.45) is 7.05 Å². The quantitative estimate of drug-likeness (QED) is 0.857. The van der Waals surface area contributed by atoms with Crippen LogP contribution in [0.25, 0.3) is 0 Å². The summed E-state index contributed by atoms with van der Waals surface area (Å²) in [5.41, 5.74) is 0.0665. The number of nitrogens with zero attached hydrogens (tertiary/aromatic N) is 3. The molecule has 0 unspecified atom stereocenters. The second kappa shape index (κ2) is 5.18. The molecule has 1 aromatic heterocycles. The van der Waals surface area contributed by atoms with Gasteiger partial charge in [-0.05, 0) is 18.2 Å². The average molecular weight is 267 g/mol. The van der Waals surface area contributed by atoms with Crippen LogP contribution < -0.4 is 0 Å². The van der Waals surface area contributed by atoms with Gasteiger partial charge in [-0.3, -0.25) is 0 Å². The van der Waals surface area contributed by atoms with E-state index in [0.717, 1.165) is 6.07 Å². The summed E-state index contributed by atoms with van der Waals surface area (Å²) < 4.78 is 15.2. The number of thioether (sulfide) groups is 1. The van der Waals surface area contributed by atoms with Crippen LogP contribution in [0.2, 0.25) is 0 Å². The number of carboxylic acid groups (broad SMARTS) is 1. The predicted molar refractivity (Wildman–Crippen MR) is 63.9 cm³/mol. The molecule has 0 aliphatic heterocycles. The zero-order chi connectivity index (χ0) is 13.1. The number of carboxylic acids is 1. The van der Waals surface area contributed by atoms with Crippen molar-refractivity contribution in [3.05, 3.63) is 41.7 Å². The molecule has 1 N–H and O–H groups in total. The van der Waals surface area contributed by atoms with Gasteiger partial charge < -0.3 is 9.67 Å². The Balaban J connectivity index is 2.16. The molecule has 18 heavy (non-hydrogen) atoms. The summed E-state index contributed by atoms with van der Waals surface area (Å²) in [5.74, 6) is -0.390. The van der Waals surface area contributed by atoms with E-state index < -0.39 is 11.8 Å². The Kier molecular flexibility index (Phi) is 3.61. The largest absolute Gasteiger partial charge is 0.478 e. The van der Waals surface area contributed by atoms with E-state index in [-0.39, 0.29) is 10.5 Å². The van der Waals surface area contributed by atoms with Crippen LogP contribution in [0, 0.1) is 5.82 Å². The maximum Gasteiger partial charge on any atom is 0.335 e. The van der Waals surface area contributed by atoms with E-state index in [1.54, 1.807) is 17.9 Å². The number of aromatic nitrogens is 3. The van der Waals surface area contributed by atoms with Crippen molar-refractivity contribution < 1.29 is 14.3 Å². The van der Waals surface area contributed by atoms with Gasteiger partial charge in [-0.25, -0.2) is 9.18 Å². The molecule has 7 heteroatoms. The normalized spacial score (nSPS) is 10.6. The lowest BCUT2D eigenvalue weighted by Crippen LogP contribution is -1.98. The molecular formula is C11H10FN3O2S. The minimum Gasteiger partial charge on any atom is -0.478 e. The van der Waals surface area contributed by atoms with Crippen molar-refractivity contribution in [1.82, 2.24) is 14.8 Å². The molecule has 0 fully saturated rings. The molecule has 0 radical (unpaired) electrons. The van der Waals surface area contributed by atoms with E-state index in [1.807, 2.05) is 0 Å². The molecule has 5 nitrogen and oxygen atoms in total. The summed E-state index contributed by atoms with van der Waals surface area (Å²) in [4.78, 5) is 11.1. The van der Waals surface area contributed by atoms with Gasteiger partial charge in [0.1, 0.15) is 18.0 Å². The van der Waals surface area contributed by atoms with E-state index in [0.29, 0.717) is 11.6 Å². The average Bonchev–Trinajstić information content (AvgIpc) is 2.73. The van der Waals surface area contributed by atoms with Gasteiger partial charge in [0.15, 0.2) is 0 Å². The molecular weight excluding hydrogens is 257 g/mol. The Morgan fingerprint density at radius 2 is 2.33 bits per heavy atom. The van der Waals surface area contributed by atoms with Crippen molar-refractivity contribution in [3.8, 4) is 0 Å². The molecule has 1 heterocycles. The summed E-state index contributed by atoms with van der Waals surface area (Å²) in [5, 5.41) is 16.4. The van der Waals surface area contributed by atoms with Crippen LogP contribution in [0.15, 0.2) is 29.4 Å². The molecule has 0 atom stereocenters. The highest BCUT2D eigenvalue weighted by atomic mass is 32.2. The zero-order valence-corrected chi connectivity index (χ0v) is 10.3. The van der Waals surface area contributed by atoms with Gasteiger partial charge in [0.2, 0.25) is 0 Å². The van der Waals surface area contributed by atoms with Crippen LogP contribution in [0.1, 0.15) is 16.2 Å². The first-order valence-corrected chi connectivity index (χ1v) is 6.05. The Morgan fingerprint density at radius 1 is 1.56 bits per heavy atom. The summed E-state index contributed by atoms with van der Waals surface area (Å²) in [6.07, 6.45) is 1.56. The number of hydrogen-bond acceptors (Lipinski definition) is 4. The van der Waals surface area contributed by atoms with Crippen molar-refractivity contribution >= 4 is 17.7 Å². The van der Waals surface area contributed by atoms with Crippen LogP contribution in [0.4, 0.5) is 4.39 Å². The van der Waals surface area contributed by atoms with Gasteiger partial charge in [0, 0.05) is 11.9 Å². The monoisotopic (exact) mass is 267 g/mol. The smallest absolute Gasteiger partial charge is 0.335 e. The third-order valence-electron chi connectivity index (χ3n) is 2.34. The van der Waals surface area contributed by atoms with Crippen LogP contribution in [0.5, 0.6) is 0 Å². The number of aryl methyl sites for hydroxylation is 1. The van der Waals surface area contributed by atoms with Gasteiger partial charge in [-0.2, -0.15) is 0 Å². The third kappa shape index (κ3) is 2.67. The van der Waals surface area contributed by atoms with E-state index >= 15 is 0 Å². The fourth-order valence-corrected chi connectivity index (χ4v) is 2.29. The van der Waals surface area contributed by atoms with Crippen molar-refractivity contribution in [2.45, 2.75) is 10.6 Å². The molecule has 0 aliphatic rings. The van der Waals surface area contributed by atoms with E-state index in [4.69, 9.17) is 5.11 Å². The van der Waals surface area contributed by atoms with Crippen LogP contribution in [-0.4, -0.2) is 25.8 Å². The highest BCUT2D eigenvalue weighted by Gasteiger charge is 2.10. The third-order valence-corrected chi connectivity index (χ3v) is 3.37. The Bertz CT molecular complexity index is 585. The Morgan fingerprint density at radius 3 is 2.94 bits per heavy atom. The van der Waals surface area contributed by atoms with E-state index in [1.165, 1.54) is 23.9 Å². The molecule has 2 rings (SSSR count). The second-order valence-electron chi connectivity index (χ2n) is 3.60.